The van der Waals surface area contributed by atoms with E-state index in [4.69, 9.17) is 4.99 Å². The lowest BCUT2D eigenvalue weighted by Crippen LogP contribution is -2.42. The van der Waals surface area contributed by atoms with Crippen LogP contribution in [0.25, 0.3) is 0 Å². The molecule has 5 nitrogen and oxygen atoms in total. The highest BCUT2D eigenvalue weighted by molar-refractivity contribution is 14.0. The van der Waals surface area contributed by atoms with E-state index in [1.165, 1.54) is 31.2 Å². The van der Waals surface area contributed by atoms with E-state index in [9.17, 15) is 0 Å². The van der Waals surface area contributed by atoms with Gasteiger partial charge in [0.25, 0.3) is 0 Å². The molecule has 1 unspecified atom stereocenters. The summed E-state index contributed by atoms with van der Waals surface area (Å²) in [6.45, 7) is 9.03. The van der Waals surface area contributed by atoms with Crippen LogP contribution < -0.4 is 10.6 Å². The van der Waals surface area contributed by atoms with Crippen LogP contribution in [0.2, 0.25) is 0 Å². The molecular formula is C22H36IN5. The third-order valence-electron chi connectivity index (χ3n) is 4.57. The maximum absolute atomic E-state index is 4.75. The van der Waals surface area contributed by atoms with Crippen LogP contribution in [0.4, 0.5) is 0 Å². The molecule has 156 valence electrons. The quantitative estimate of drug-likeness (QED) is 0.206. The van der Waals surface area contributed by atoms with Crippen molar-refractivity contribution in [3.63, 3.8) is 0 Å². The van der Waals surface area contributed by atoms with Crippen molar-refractivity contribution in [2.75, 3.05) is 13.1 Å². The number of aliphatic imine (C=N–C) groups is 1. The molecule has 0 bridgehead atoms. The largest absolute Gasteiger partial charge is 0.357 e. The van der Waals surface area contributed by atoms with E-state index in [0.29, 0.717) is 6.04 Å². The summed E-state index contributed by atoms with van der Waals surface area (Å²) in [6.07, 6.45) is 9.76. The summed E-state index contributed by atoms with van der Waals surface area (Å²) in [5.41, 5.74) is 1.29. The molecular weight excluding hydrogens is 461 g/mol. The predicted molar refractivity (Wildman–Crippen MR) is 130 cm³/mol. The van der Waals surface area contributed by atoms with Crippen molar-refractivity contribution in [1.29, 1.82) is 0 Å². The van der Waals surface area contributed by atoms with E-state index in [-0.39, 0.29) is 24.0 Å². The number of hydrogen-bond acceptors (Lipinski definition) is 2. The number of nitrogens with zero attached hydrogens (tertiary/aromatic N) is 3. The van der Waals surface area contributed by atoms with Gasteiger partial charge < -0.3 is 15.2 Å². The molecule has 2 aromatic rings. The normalized spacial score (nSPS) is 12.3. The van der Waals surface area contributed by atoms with Crippen molar-refractivity contribution in [2.24, 2.45) is 4.99 Å². The minimum Gasteiger partial charge on any atom is -0.357 e. The van der Waals surface area contributed by atoms with E-state index in [1.54, 1.807) is 0 Å². The first-order valence-corrected chi connectivity index (χ1v) is 10.3. The van der Waals surface area contributed by atoms with Crippen LogP contribution in [0.3, 0.4) is 0 Å². The molecule has 0 aliphatic carbocycles. The van der Waals surface area contributed by atoms with Gasteiger partial charge in [-0.15, -0.1) is 24.0 Å². The van der Waals surface area contributed by atoms with Gasteiger partial charge in [-0.25, -0.2) is 4.98 Å². The Morgan fingerprint density at radius 2 is 1.96 bits per heavy atom. The van der Waals surface area contributed by atoms with Crippen molar-refractivity contribution in [2.45, 2.75) is 65.5 Å². The van der Waals surface area contributed by atoms with Crippen LogP contribution in [-0.2, 0) is 13.0 Å². The summed E-state index contributed by atoms with van der Waals surface area (Å²) in [6, 6.07) is 10.9. The number of imidazole rings is 1. The average molecular weight is 497 g/mol. The van der Waals surface area contributed by atoms with Crippen molar-refractivity contribution < 1.29 is 0 Å². The smallest absolute Gasteiger partial charge is 0.191 e. The first kappa shape index (κ1) is 24.5. The van der Waals surface area contributed by atoms with Gasteiger partial charge in [-0.1, -0.05) is 56.5 Å². The molecule has 2 rings (SSSR count). The SMILES string of the molecule is CCCCCC(C)NC(=NCCc1nccn1Cc1ccccc1)NCC.I. The zero-order valence-electron chi connectivity index (χ0n) is 17.5. The fourth-order valence-electron chi connectivity index (χ4n) is 3.09. The first-order chi connectivity index (χ1) is 13.2. The Morgan fingerprint density at radius 1 is 1.18 bits per heavy atom. The van der Waals surface area contributed by atoms with Crippen LogP contribution >= 0.6 is 24.0 Å². The minimum absolute atomic E-state index is 0. The topological polar surface area (TPSA) is 54.2 Å². The van der Waals surface area contributed by atoms with Gasteiger partial charge >= 0.3 is 0 Å². The van der Waals surface area contributed by atoms with Gasteiger partial charge in [0.2, 0.25) is 0 Å². The Bertz CT molecular complexity index is 669. The number of aromatic nitrogens is 2. The van der Waals surface area contributed by atoms with Crippen LogP contribution in [0.15, 0.2) is 47.7 Å². The van der Waals surface area contributed by atoms with E-state index in [0.717, 1.165) is 37.8 Å². The monoisotopic (exact) mass is 497 g/mol. The van der Waals surface area contributed by atoms with Gasteiger partial charge in [0.1, 0.15) is 5.82 Å². The average Bonchev–Trinajstić information content (AvgIpc) is 3.10. The number of unbranched alkanes of at least 4 members (excludes halogenated alkanes) is 2. The Balaban J connectivity index is 0.00000392. The summed E-state index contributed by atoms with van der Waals surface area (Å²) >= 11 is 0. The van der Waals surface area contributed by atoms with Crippen molar-refractivity contribution in [3.05, 3.63) is 54.1 Å². The van der Waals surface area contributed by atoms with Gasteiger partial charge in [-0.3, -0.25) is 4.99 Å². The number of halogens is 1. The second kappa shape index (κ2) is 14.4. The van der Waals surface area contributed by atoms with E-state index < -0.39 is 0 Å². The van der Waals surface area contributed by atoms with Crippen molar-refractivity contribution >= 4 is 29.9 Å². The number of nitrogens with one attached hydrogen (secondary N) is 2. The molecule has 2 N–H and O–H groups in total. The molecule has 0 aliphatic heterocycles. The molecule has 0 amide bonds. The van der Waals surface area contributed by atoms with E-state index >= 15 is 0 Å². The lowest BCUT2D eigenvalue weighted by molar-refractivity contribution is 0.546. The Labute approximate surface area is 187 Å². The highest BCUT2D eigenvalue weighted by Gasteiger charge is 2.06. The second-order valence-corrected chi connectivity index (χ2v) is 7.01. The Kier molecular flexibility index (Phi) is 12.6. The molecule has 0 radical (unpaired) electrons. The maximum atomic E-state index is 4.75. The summed E-state index contributed by atoms with van der Waals surface area (Å²) in [5, 5.41) is 6.87. The molecule has 1 heterocycles. The lowest BCUT2D eigenvalue weighted by atomic mass is 10.1. The van der Waals surface area contributed by atoms with Crippen molar-refractivity contribution in [1.82, 2.24) is 20.2 Å². The van der Waals surface area contributed by atoms with Gasteiger partial charge in [0.05, 0.1) is 0 Å². The zero-order chi connectivity index (χ0) is 19.3. The number of rotatable bonds is 11. The molecule has 1 atom stereocenters. The molecule has 0 aliphatic rings. The van der Waals surface area contributed by atoms with E-state index in [1.807, 2.05) is 18.5 Å². The standard InChI is InChI=1S/C22H35N5.HI/c1-4-6-8-11-19(3)26-22(23-5-2)25-15-14-21-24-16-17-27(21)18-20-12-9-7-10-13-20;/h7,9-10,12-13,16-17,19H,4-6,8,11,14-15,18H2,1-3H3,(H2,23,25,26);1H. The molecule has 1 aromatic heterocycles. The van der Waals surface area contributed by atoms with Gasteiger partial charge in [0.15, 0.2) is 5.96 Å². The van der Waals surface area contributed by atoms with Crippen LogP contribution in [0.5, 0.6) is 0 Å². The number of benzene rings is 1. The summed E-state index contributed by atoms with van der Waals surface area (Å²) in [4.78, 5) is 9.26. The third-order valence-corrected chi connectivity index (χ3v) is 4.57. The summed E-state index contributed by atoms with van der Waals surface area (Å²) in [7, 11) is 0. The third kappa shape index (κ3) is 9.08. The van der Waals surface area contributed by atoms with Crippen LogP contribution in [0.1, 0.15) is 57.8 Å². The molecule has 28 heavy (non-hydrogen) atoms. The van der Waals surface area contributed by atoms with Crippen LogP contribution in [0, 0.1) is 0 Å². The lowest BCUT2D eigenvalue weighted by Gasteiger charge is -2.17. The van der Waals surface area contributed by atoms with Crippen molar-refractivity contribution in [3.8, 4) is 0 Å². The maximum Gasteiger partial charge on any atom is 0.191 e. The predicted octanol–water partition coefficient (Wildman–Crippen LogP) is 4.62. The molecule has 6 heteroatoms. The number of hydrogen-bond donors (Lipinski definition) is 2. The first-order valence-electron chi connectivity index (χ1n) is 10.3. The van der Waals surface area contributed by atoms with E-state index in [2.05, 4.69) is 65.2 Å². The summed E-state index contributed by atoms with van der Waals surface area (Å²) < 4.78 is 2.21. The van der Waals surface area contributed by atoms with Crippen LogP contribution in [-0.4, -0.2) is 34.6 Å². The molecule has 0 saturated heterocycles. The minimum atomic E-state index is 0. The molecule has 0 spiro atoms. The number of guanidine groups is 1. The highest BCUT2D eigenvalue weighted by atomic mass is 127. The highest BCUT2D eigenvalue weighted by Crippen LogP contribution is 2.06. The Morgan fingerprint density at radius 3 is 2.68 bits per heavy atom. The molecule has 0 saturated carbocycles. The van der Waals surface area contributed by atoms with Gasteiger partial charge in [-0.05, 0) is 25.8 Å². The summed E-state index contributed by atoms with van der Waals surface area (Å²) in [5.74, 6) is 1.98. The second-order valence-electron chi connectivity index (χ2n) is 7.01. The molecule has 1 aromatic carbocycles. The Hall–Kier alpha value is -1.57. The van der Waals surface area contributed by atoms with Gasteiger partial charge in [0, 0.05) is 44.5 Å². The van der Waals surface area contributed by atoms with Gasteiger partial charge in [-0.2, -0.15) is 0 Å². The fraction of sp³-hybridized carbons (Fsp3) is 0.545. The zero-order valence-corrected chi connectivity index (χ0v) is 19.9. The molecule has 0 fully saturated rings. The fourth-order valence-corrected chi connectivity index (χ4v) is 3.09.